The van der Waals surface area contributed by atoms with E-state index in [1.54, 1.807) is 18.4 Å². The quantitative estimate of drug-likeness (QED) is 0.720. The van der Waals surface area contributed by atoms with E-state index in [1.165, 1.54) is 11.3 Å². The lowest BCUT2D eigenvalue weighted by molar-refractivity contribution is 0.0943. The molecule has 0 unspecified atom stereocenters. The molecule has 1 atom stereocenters. The van der Waals surface area contributed by atoms with Gasteiger partial charge in [0.1, 0.15) is 15.6 Å². The molecule has 124 valence electrons. The summed E-state index contributed by atoms with van der Waals surface area (Å²) in [4.78, 5) is 17.8. The molecule has 0 bridgehead atoms. The SMILES string of the molecule is COc1ccccc1[C@@H](C)NC(=O)c1sc(-c2ccsc2)nc1C. The molecule has 24 heavy (non-hydrogen) atoms. The Morgan fingerprint density at radius 2 is 2.08 bits per heavy atom. The second kappa shape index (κ2) is 7.15. The maximum atomic E-state index is 12.7. The average molecular weight is 358 g/mol. The first-order valence-electron chi connectivity index (χ1n) is 7.54. The number of carbonyl (C=O) groups is 1. The summed E-state index contributed by atoms with van der Waals surface area (Å²) in [6.07, 6.45) is 0. The molecule has 0 aliphatic carbocycles. The molecule has 3 rings (SSSR count). The van der Waals surface area contributed by atoms with E-state index in [2.05, 4.69) is 10.3 Å². The van der Waals surface area contributed by atoms with Crippen LogP contribution in [0.15, 0.2) is 41.1 Å². The van der Waals surface area contributed by atoms with Crippen molar-refractivity contribution in [2.45, 2.75) is 19.9 Å². The number of benzene rings is 1. The van der Waals surface area contributed by atoms with Gasteiger partial charge in [0.25, 0.3) is 5.91 Å². The third-order valence-corrected chi connectivity index (χ3v) is 5.61. The van der Waals surface area contributed by atoms with E-state index < -0.39 is 0 Å². The zero-order chi connectivity index (χ0) is 17.1. The lowest BCUT2D eigenvalue weighted by Gasteiger charge is -2.16. The maximum absolute atomic E-state index is 12.7. The molecule has 0 saturated carbocycles. The Labute approximate surface area is 149 Å². The maximum Gasteiger partial charge on any atom is 0.263 e. The topological polar surface area (TPSA) is 51.2 Å². The fourth-order valence-electron chi connectivity index (χ4n) is 2.48. The zero-order valence-corrected chi connectivity index (χ0v) is 15.3. The third kappa shape index (κ3) is 3.34. The Morgan fingerprint density at radius 3 is 2.79 bits per heavy atom. The molecule has 2 heterocycles. The van der Waals surface area contributed by atoms with Gasteiger partial charge in [-0.15, -0.1) is 11.3 Å². The highest BCUT2D eigenvalue weighted by Gasteiger charge is 2.20. The van der Waals surface area contributed by atoms with E-state index in [-0.39, 0.29) is 11.9 Å². The van der Waals surface area contributed by atoms with Gasteiger partial charge in [0.15, 0.2) is 0 Å². The van der Waals surface area contributed by atoms with Gasteiger partial charge in [-0.05, 0) is 31.4 Å². The molecule has 0 radical (unpaired) electrons. The molecule has 1 amide bonds. The van der Waals surface area contributed by atoms with Gasteiger partial charge >= 0.3 is 0 Å². The normalized spacial score (nSPS) is 12.0. The van der Waals surface area contributed by atoms with Crippen molar-refractivity contribution in [2.75, 3.05) is 7.11 Å². The van der Waals surface area contributed by atoms with Gasteiger partial charge in [-0.2, -0.15) is 11.3 Å². The molecule has 0 fully saturated rings. The minimum absolute atomic E-state index is 0.107. The Hall–Kier alpha value is -2.18. The highest BCUT2D eigenvalue weighted by Crippen LogP contribution is 2.30. The summed E-state index contributed by atoms with van der Waals surface area (Å²) >= 11 is 3.05. The Bertz CT molecular complexity index is 841. The van der Waals surface area contributed by atoms with Crippen molar-refractivity contribution < 1.29 is 9.53 Å². The number of rotatable bonds is 5. The standard InChI is InChI=1S/C18H18N2O2S2/c1-11(14-6-4-5-7-15(14)22-3)19-17(21)16-12(2)20-18(24-16)13-8-9-23-10-13/h4-11H,1-3H3,(H,19,21)/t11-/m1/s1. The summed E-state index contributed by atoms with van der Waals surface area (Å²) in [6, 6.07) is 9.57. The highest BCUT2D eigenvalue weighted by atomic mass is 32.1. The predicted molar refractivity (Wildman–Crippen MR) is 99.0 cm³/mol. The van der Waals surface area contributed by atoms with Crippen LogP contribution in [0.1, 0.15) is 33.9 Å². The fourth-order valence-corrected chi connectivity index (χ4v) is 4.16. The number of ether oxygens (including phenoxy) is 1. The molecule has 0 spiro atoms. The van der Waals surface area contributed by atoms with Gasteiger partial charge in [-0.1, -0.05) is 18.2 Å². The number of hydrogen-bond donors (Lipinski definition) is 1. The van der Waals surface area contributed by atoms with Crippen LogP contribution in [-0.2, 0) is 0 Å². The first kappa shape index (κ1) is 16.7. The number of nitrogens with one attached hydrogen (secondary N) is 1. The average Bonchev–Trinajstić information content (AvgIpc) is 3.24. The van der Waals surface area contributed by atoms with Crippen molar-refractivity contribution in [1.82, 2.24) is 10.3 Å². The molecule has 3 aromatic rings. The summed E-state index contributed by atoms with van der Waals surface area (Å²) in [5.74, 6) is 0.662. The van der Waals surface area contributed by atoms with Crippen LogP contribution in [0.4, 0.5) is 0 Å². The van der Waals surface area contributed by atoms with Gasteiger partial charge in [0.05, 0.1) is 18.8 Å². The molecule has 6 heteroatoms. The summed E-state index contributed by atoms with van der Waals surface area (Å²) < 4.78 is 5.37. The van der Waals surface area contributed by atoms with Gasteiger partial charge < -0.3 is 10.1 Å². The number of carbonyl (C=O) groups excluding carboxylic acids is 1. The molecule has 0 aliphatic heterocycles. The number of hydrogen-bond acceptors (Lipinski definition) is 5. The number of nitrogens with zero attached hydrogens (tertiary/aromatic N) is 1. The second-order valence-corrected chi connectivity index (χ2v) is 7.16. The second-order valence-electron chi connectivity index (χ2n) is 5.38. The smallest absolute Gasteiger partial charge is 0.263 e. The summed E-state index contributed by atoms with van der Waals surface area (Å²) in [5.41, 5.74) is 2.77. The van der Waals surface area contributed by atoms with E-state index in [1.807, 2.05) is 54.9 Å². The Kier molecular flexibility index (Phi) is 4.97. The monoisotopic (exact) mass is 358 g/mol. The van der Waals surface area contributed by atoms with Gasteiger partial charge in [0, 0.05) is 16.5 Å². The number of thiophene rings is 1. The Balaban J connectivity index is 1.80. The van der Waals surface area contributed by atoms with Gasteiger partial charge in [0.2, 0.25) is 0 Å². The largest absolute Gasteiger partial charge is 0.496 e. The van der Waals surface area contributed by atoms with Crippen LogP contribution in [0.25, 0.3) is 10.6 Å². The Morgan fingerprint density at radius 1 is 1.29 bits per heavy atom. The third-order valence-electron chi connectivity index (χ3n) is 3.72. The van der Waals surface area contributed by atoms with E-state index in [0.717, 1.165) is 27.6 Å². The van der Waals surface area contributed by atoms with E-state index in [0.29, 0.717) is 4.88 Å². The van der Waals surface area contributed by atoms with Crippen molar-refractivity contribution >= 4 is 28.6 Å². The van der Waals surface area contributed by atoms with Crippen LogP contribution in [0.5, 0.6) is 5.75 Å². The number of aryl methyl sites for hydroxylation is 1. The van der Waals surface area contributed by atoms with Crippen LogP contribution in [-0.4, -0.2) is 18.0 Å². The van der Waals surface area contributed by atoms with Crippen LogP contribution >= 0.6 is 22.7 Å². The zero-order valence-electron chi connectivity index (χ0n) is 13.7. The molecule has 1 N–H and O–H groups in total. The fraction of sp³-hybridized carbons (Fsp3) is 0.222. The molecular formula is C18H18N2O2S2. The molecule has 4 nitrogen and oxygen atoms in total. The number of thiazole rings is 1. The van der Waals surface area contributed by atoms with Gasteiger partial charge in [-0.3, -0.25) is 4.79 Å². The summed E-state index contributed by atoms with van der Waals surface area (Å²) in [5, 5.41) is 7.97. The number of para-hydroxylation sites is 1. The predicted octanol–water partition coefficient (Wildman–Crippen LogP) is 4.68. The molecule has 1 aromatic carbocycles. The van der Waals surface area contributed by atoms with Crippen LogP contribution in [0.3, 0.4) is 0 Å². The first-order valence-corrected chi connectivity index (χ1v) is 9.30. The number of methoxy groups -OCH3 is 1. The van der Waals surface area contributed by atoms with E-state index >= 15 is 0 Å². The van der Waals surface area contributed by atoms with Gasteiger partial charge in [-0.25, -0.2) is 4.98 Å². The molecule has 0 saturated heterocycles. The van der Waals surface area contributed by atoms with Crippen molar-refractivity contribution in [3.8, 4) is 16.3 Å². The molecule has 0 aliphatic rings. The highest BCUT2D eigenvalue weighted by molar-refractivity contribution is 7.17. The lowest BCUT2D eigenvalue weighted by Crippen LogP contribution is -2.26. The minimum atomic E-state index is -0.153. The van der Waals surface area contributed by atoms with Crippen molar-refractivity contribution in [3.05, 3.63) is 57.2 Å². The van der Waals surface area contributed by atoms with E-state index in [4.69, 9.17) is 4.74 Å². The summed E-state index contributed by atoms with van der Waals surface area (Å²) in [6.45, 7) is 3.82. The number of aromatic nitrogens is 1. The van der Waals surface area contributed by atoms with Crippen molar-refractivity contribution in [2.24, 2.45) is 0 Å². The summed E-state index contributed by atoms with van der Waals surface area (Å²) in [7, 11) is 1.63. The van der Waals surface area contributed by atoms with Crippen LogP contribution in [0.2, 0.25) is 0 Å². The lowest BCUT2D eigenvalue weighted by atomic mass is 10.1. The molecular weight excluding hydrogens is 340 g/mol. The van der Waals surface area contributed by atoms with Crippen LogP contribution in [0, 0.1) is 6.92 Å². The molecule has 2 aromatic heterocycles. The number of amides is 1. The van der Waals surface area contributed by atoms with Crippen molar-refractivity contribution in [3.63, 3.8) is 0 Å². The first-order chi connectivity index (χ1) is 11.6. The van der Waals surface area contributed by atoms with E-state index in [9.17, 15) is 4.79 Å². The van der Waals surface area contributed by atoms with Crippen LogP contribution < -0.4 is 10.1 Å². The minimum Gasteiger partial charge on any atom is -0.496 e. The van der Waals surface area contributed by atoms with Crippen molar-refractivity contribution in [1.29, 1.82) is 0 Å².